The highest BCUT2D eigenvalue weighted by Crippen LogP contribution is 2.43. The van der Waals surface area contributed by atoms with E-state index in [1.165, 1.54) is 0 Å². The molecule has 164 valence electrons. The minimum Gasteiger partial charge on any atom is -0.493 e. The molecule has 7 heteroatoms. The molecule has 0 N–H and O–H groups in total. The third-order valence-corrected chi connectivity index (χ3v) is 5.23. The van der Waals surface area contributed by atoms with Crippen LogP contribution >= 0.6 is 0 Å². The van der Waals surface area contributed by atoms with Gasteiger partial charge in [0.25, 0.3) is 0 Å². The van der Waals surface area contributed by atoms with E-state index in [0.717, 1.165) is 11.1 Å². The van der Waals surface area contributed by atoms with Crippen molar-refractivity contribution in [2.45, 2.75) is 25.7 Å². The van der Waals surface area contributed by atoms with Crippen LogP contribution in [0, 0.1) is 0 Å². The van der Waals surface area contributed by atoms with Crippen LogP contribution in [0.15, 0.2) is 24.3 Å². The lowest BCUT2D eigenvalue weighted by Gasteiger charge is -2.21. The second-order valence-corrected chi connectivity index (χ2v) is 6.76. The first-order valence-corrected chi connectivity index (χ1v) is 9.50. The molecule has 0 amide bonds. The maximum Gasteiger partial charge on any atom is 0.203 e. The fourth-order valence-electron chi connectivity index (χ4n) is 3.41. The zero-order chi connectivity index (χ0) is 22.4. The number of hydrogen-bond donors (Lipinski definition) is 0. The molecule has 2 aromatic carbocycles. The van der Waals surface area contributed by atoms with Crippen LogP contribution in [0.2, 0.25) is 0 Å². The Morgan fingerprint density at radius 1 is 0.567 bits per heavy atom. The molecule has 0 bridgehead atoms. The molecule has 0 fully saturated rings. The highest BCUT2D eigenvalue weighted by atomic mass is 16.5. The quantitative estimate of drug-likeness (QED) is 0.572. The van der Waals surface area contributed by atoms with Crippen molar-refractivity contribution in [1.29, 1.82) is 0 Å². The number of ketones is 1. The van der Waals surface area contributed by atoms with Crippen LogP contribution in [-0.2, 0) is 4.79 Å². The third kappa shape index (κ3) is 4.40. The number of ether oxygens (including phenoxy) is 6. The smallest absolute Gasteiger partial charge is 0.203 e. The minimum absolute atomic E-state index is 0.0264. The normalized spacial score (nSPS) is 12.5. The van der Waals surface area contributed by atoms with Crippen molar-refractivity contribution >= 4 is 5.78 Å². The Labute approximate surface area is 177 Å². The van der Waals surface area contributed by atoms with Gasteiger partial charge in [0.1, 0.15) is 5.78 Å². The predicted molar refractivity (Wildman–Crippen MR) is 114 cm³/mol. The van der Waals surface area contributed by atoms with Gasteiger partial charge in [-0.25, -0.2) is 0 Å². The van der Waals surface area contributed by atoms with Crippen LogP contribution in [0.25, 0.3) is 0 Å². The highest BCUT2D eigenvalue weighted by Gasteiger charge is 2.27. The molecule has 30 heavy (non-hydrogen) atoms. The second-order valence-electron chi connectivity index (χ2n) is 6.76. The summed E-state index contributed by atoms with van der Waals surface area (Å²) in [6, 6.07) is 7.19. The zero-order valence-corrected chi connectivity index (χ0v) is 18.8. The van der Waals surface area contributed by atoms with Crippen molar-refractivity contribution < 1.29 is 33.2 Å². The molecule has 0 aliphatic heterocycles. The van der Waals surface area contributed by atoms with E-state index in [1.54, 1.807) is 66.9 Å². The van der Waals surface area contributed by atoms with E-state index in [1.807, 2.05) is 13.8 Å². The first-order valence-electron chi connectivity index (χ1n) is 9.50. The molecule has 7 nitrogen and oxygen atoms in total. The Morgan fingerprint density at radius 2 is 0.833 bits per heavy atom. The van der Waals surface area contributed by atoms with Crippen molar-refractivity contribution in [3.8, 4) is 34.5 Å². The van der Waals surface area contributed by atoms with E-state index in [0.29, 0.717) is 34.5 Å². The van der Waals surface area contributed by atoms with Gasteiger partial charge in [-0.05, 0) is 35.4 Å². The van der Waals surface area contributed by atoms with E-state index in [4.69, 9.17) is 28.4 Å². The Kier molecular flexibility index (Phi) is 7.80. The van der Waals surface area contributed by atoms with Crippen LogP contribution in [0.5, 0.6) is 34.5 Å². The lowest BCUT2D eigenvalue weighted by Crippen LogP contribution is -2.17. The summed E-state index contributed by atoms with van der Waals surface area (Å²) in [4.78, 5) is 13.3. The molecular formula is C23H30O7. The summed E-state index contributed by atoms with van der Waals surface area (Å²) in [5.74, 6) is 2.21. The number of carbonyl (C=O) groups excluding carboxylic acids is 1. The number of benzene rings is 2. The van der Waals surface area contributed by atoms with Crippen molar-refractivity contribution in [2.75, 3.05) is 42.7 Å². The maximum atomic E-state index is 13.3. The van der Waals surface area contributed by atoms with Crippen molar-refractivity contribution in [3.63, 3.8) is 0 Å². The monoisotopic (exact) mass is 418 g/mol. The lowest BCUT2D eigenvalue weighted by atomic mass is 9.85. The molecule has 2 aromatic rings. The van der Waals surface area contributed by atoms with Crippen molar-refractivity contribution in [3.05, 3.63) is 35.4 Å². The van der Waals surface area contributed by atoms with Crippen molar-refractivity contribution in [1.82, 2.24) is 0 Å². The molecule has 0 aliphatic carbocycles. The molecule has 2 unspecified atom stereocenters. The molecule has 0 spiro atoms. The fourth-order valence-corrected chi connectivity index (χ4v) is 3.41. The summed E-state index contributed by atoms with van der Waals surface area (Å²) in [5, 5.41) is 0. The van der Waals surface area contributed by atoms with Crippen LogP contribution in [0.4, 0.5) is 0 Å². The minimum atomic E-state index is -0.409. The molecule has 0 saturated heterocycles. The van der Waals surface area contributed by atoms with Gasteiger partial charge in [0.05, 0.1) is 42.7 Å². The molecule has 0 saturated carbocycles. The van der Waals surface area contributed by atoms with Gasteiger partial charge in [-0.15, -0.1) is 0 Å². The molecule has 2 rings (SSSR count). The van der Waals surface area contributed by atoms with Gasteiger partial charge >= 0.3 is 0 Å². The third-order valence-electron chi connectivity index (χ3n) is 5.23. The summed E-state index contributed by atoms with van der Waals surface area (Å²) in [6.45, 7) is 3.72. The van der Waals surface area contributed by atoms with Gasteiger partial charge in [-0.1, -0.05) is 13.8 Å². The molecule has 0 aromatic heterocycles. The summed E-state index contributed by atoms with van der Waals surface area (Å²) < 4.78 is 32.4. The number of Topliss-reactive ketones (excluding diaryl/α,β-unsaturated/α-hetero) is 1. The van der Waals surface area contributed by atoms with Gasteiger partial charge in [0.15, 0.2) is 23.0 Å². The second kappa shape index (κ2) is 10.1. The first-order chi connectivity index (χ1) is 14.4. The predicted octanol–water partition coefficient (Wildman–Crippen LogP) is 4.21. The van der Waals surface area contributed by atoms with Crippen LogP contribution in [0.3, 0.4) is 0 Å². The molecule has 0 aliphatic rings. The molecule has 0 heterocycles. The number of methoxy groups -OCH3 is 6. The molecular weight excluding hydrogens is 388 g/mol. The van der Waals surface area contributed by atoms with E-state index in [-0.39, 0.29) is 5.78 Å². The average molecular weight is 418 g/mol. The Hall–Kier alpha value is -3.09. The van der Waals surface area contributed by atoms with Crippen molar-refractivity contribution in [2.24, 2.45) is 0 Å². The Balaban J connectivity index is 2.43. The standard InChI is InChI=1S/C23H30O7/c1-13(15-9-17(25-3)22(29-7)18(10-15)26-4)21(24)14(2)16-11-19(27-5)23(30-8)20(12-16)28-6/h9-14H,1-8H3. The van der Waals surface area contributed by atoms with Gasteiger partial charge in [-0.2, -0.15) is 0 Å². The first kappa shape index (κ1) is 23.2. The SMILES string of the molecule is COc1cc(C(C)C(=O)C(C)c2cc(OC)c(OC)c(OC)c2)cc(OC)c1OC. The van der Waals surface area contributed by atoms with Crippen LogP contribution < -0.4 is 28.4 Å². The lowest BCUT2D eigenvalue weighted by molar-refractivity contribution is -0.121. The zero-order valence-electron chi connectivity index (χ0n) is 18.8. The highest BCUT2D eigenvalue weighted by molar-refractivity contribution is 5.91. The van der Waals surface area contributed by atoms with E-state index in [2.05, 4.69) is 0 Å². The van der Waals surface area contributed by atoms with E-state index in [9.17, 15) is 4.79 Å². The largest absolute Gasteiger partial charge is 0.493 e. The Morgan fingerprint density at radius 3 is 1.03 bits per heavy atom. The molecule has 2 atom stereocenters. The summed E-state index contributed by atoms with van der Waals surface area (Å²) in [6.07, 6.45) is 0. The maximum absolute atomic E-state index is 13.3. The topological polar surface area (TPSA) is 72.5 Å². The number of carbonyl (C=O) groups is 1. The number of hydrogen-bond acceptors (Lipinski definition) is 7. The summed E-state index contributed by atoms with van der Waals surface area (Å²) in [7, 11) is 9.28. The molecule has 0 radical (unpaired) electrons. The summed E-state index contributed by atoms with van der Waals surface area (Å²) >= 11 is 0. The van der Waals surface area contributed by atoms with Gasteiger partial charge in [0, 0.05) is 11.8 Å². The van der Waals surface area contributed by atoms with E-state index >= 15 is 0 Å². The average Bonchev–Trinajstić information content (AvgIpc) is 2.80. The van der Waals surface area contributed by atoms with Gasteiger partial charge in [-0.3, -0.25) is 4.79 Å². The Bertz CT molecular complexity index is 770. The van der Waals surface area contributed by atoms with Crippen LogP contribution in [0.1, 0.15) is 36.8 Å². The van der Waals surface area contributed by atoms with E-state index < -0.39 is 11.8 Å². The van der Waals surface area contributed by atoms with Crippen LogP contribution in [-0.4, -0.2) is 48.4 Å². The van der Waals surface area contributed by atoms with Gasteiger partial charge in [0.2, 0.25) is 11.5 Å². The number of rotatable bonds is 10. The summed E-state index contributed by atoms with van der Waals surface area (Å²) in [5.41, 5.74) is 1.54. The van der Waals surface area contributed by atoms with Gasteiger partial charge < -0.3 is 28.4 Å². The fraction of sp³-hybridized carbons (Fsp3) is 0.435.